The van der Waals surface area contributed by atoms with E-state index in [0.29, 0.717) is 23.8 Å². The third-order valence-corrected chi connectivity index (χ3v) is 6.08. The van der Waals surface area contributed by atoms with Gasteiger partial charge in [0.2, 0.25) is 5.91 Å². The molecular weight excluding hydrogens is 250 g/mol. The van der Waals surface area contributed by atoms with Crippen molar-refractivity contribution < 1.29 is 9.59 Å². The Bertz CT molecular complexity index is 406. The first-order valence-corrected chi connectivity index (χ1v) is 8.37. The Labute approximate surface area is 122 Å². The fourth-order valence-electron chi connectivity index (χ4n) is 5.13. The van der Waals surface area contributed by atoms with E-state index < -0.39 is 0 Å². The third kappa shape index (κ3) is 2.40. The average Bonchev–Trinajstić information content (AvgIpc) is 2.43. The Balaban J connectivity index is 1.83. The van der Waals surface area contributed by atoms with Crippen molar-refractivity contribution in [3.05, 3.63) is 0 Å². The fourth-order valence-corrected chi connectivity index (χ4v) is 5.13. The molecule has 3 heteroatoms. The van der Waals surface area contributed by atoms with Gasteiger partial charge in [-0.25, -0.2) is 0 Å². The van der Waals surface area contributed by atoms with Gasteiger partial charge in [-0.3, -0.25) is 9.59 Å². The van der Waals surface area contributed by atoms with Gasteiger partial charge in [0.1, 0.15) is 5.78 Å². The van der Waals surface area contributed by atoms with E-state index in [1.807, 2.05) is 0 Å². The molecule has 0 aromatic rings. The summed E-state index contributed by atoms with van der Waals surface area (Å²) in [6.45, 7) is 3.45. The summed E-state index contributed by atoms with van der Waals surface area (Å²) in [4.78, 5) is 26.2. The molecule has 3 aliphatic rings. The molecule has 1 saturated heterocycles. The Morgan fingerprint density at radius 3 is 2.25 bits per heavy atom. The van der Waals surface area contributed by atoms with Crippen LogP contribution in [0.5, 0.6) is 0 Å². The van der Waals surface area contributed by atoms with Crippen molar-refractivity contribution in [2.45, 2.75) is 77.3 Å². The molecule has 5 atom stereocenters. The van der Waals surface area contributed by atoms with Crippen LogP contribution in [0.25, 0.3) is 0 Å². The molecule has 3 nitrogen and oxygen atoms in total. The van der Waals surface area contributed by atoms with E-state index in [0.717, 1.165) is 25.2 Å². The van der Waals surface area contributed by atoms with E-state index >= 15 is 0 Å². The number of piperidine rings is 1. The summed E-state index contributed by atoms with van der Waals surface area (Å²) in [5.74, 6) is 2.12. The van der Waals surface area contributed by atoms with Crippen molar-refractivity contribution in [3.8, 4) is 0 Å². The summed E-state index contributed by atoms with van der Waals surface area (Å²) >= 11 is 0. The van der Waals surface area contributed by atoms with E-state index in [1.165, 1.54) is 32.1 Å². The van der Waals surface area contributed by atoms with Crippen LogP contribution >= 0.6 is 0 Å². The molecule has 1 amide bonds. The molecule has 2 saturated carbocycles. The standard InChI is InChI=1S/C17H27NO2/c1-11(19)13-7-8-15-9-14-5-3-4-6-16(14)18(12(2)20)17(15)10-13/h13-17H,3-10H2,1-2H3. The van der Waals surface area contributed by atoms with E-state index in [9.17, 15) is 9.59 Å². The van der Waals surface area contributed by atoms with E-state index in [1.54, 1.807) is 13.8 Å². The van der Waals surface area contributed by atoms with Crippen molar-refractivity contribution in [2.24, 2.45) is 17.8 Å². The van der Waals surface area contributed by atoms with Gasteiger partial charge in [0.25, 0.3) is 0 Å². The second-order valence-electron chi connectivity index (χ2n) is 7.22. The number of carbonyl (C=O) groups excluding carboxylic acids is 2. The molecule has 0 bridgehead atoms. The zero-order valence-electron chi connectivity index (χ0n) is 12.8. The van der Waals surface area contributed by atoms with Crippen LogP contribution in [0.3, 0.4) is 0 Å². The van der Waals surface area contributed by atoms with Gasteiger partial charge in [-0.1, -0.05) is 12.8 Å². The number of ketones is 1. The number of fused-ring (bicyclic) bond motifs is 2. The summed E-state index contributed by atoms with van der Waals surface area (Å²) in [5, 5.41) is 0. The van der Waals surface area contributed by atoms with Crippen LogP contribution in [0.15, 0.2) is 0 Å². The predicted octanol–water partition coefficient (Wildman–Crippen LogP) is 3.17. The number of rotatable bonds is 1. The summed E-state index contributed by atoms with van der Waals surface area (Å²) in [6.07, 6.45) is 9.47. The van der Waals surface area contributed by atoms with Gasteiger partial charge in [0.15, 0.2) is 0 Å². The van der Waals surface area contributed by atoms with Gasteiger partial charge in [0, 0.05) is 24.9 Å². The normalized spacial score (nSPS) is 40.7. The lowest BCUT2D eigenvalue weighted by Gasteiger charge is -2.54. The first kappa shape index (κ1) is 14.1. The summed E-state index contributed by atoms with van der Waals surface area (Å²) in [5.41, 5.74) is 0. The molecule has 3 fully saturated rings. The van der Waals surface area contributed by atoms with Gasteiger partial charge >= 0.3 is 0 Å². The van der Waals surface area contributed by atoms with E-state index in [-0.39, 0.29) is 11.8 Å². The quantitative estimate of drug-likeness (QED) is 0.738. The van der Waals surface area contributed by atoms with Gasteiger partial charge in [0.05, 0.1) is 0 Å². The monoisotopic (exact) mass is 277 g/mol. The van der Waals surface area contributed by atoms with Crippen LogP contribution in [0.4, 0.5) is 0 Å². The predicted molar refractivity (Wildman–Crippen MR) is 78.2 cm³/mol. The number of hydrogen-bond donors (Lipinski definition) is 0. The van der Waals surface area contributed by atoms with Crippen LogP contribution in [-0.4, -0.2) is 28.7 Å². The Kier molecular flexibility index (Phi) is 3.87. The maximum Gasteiger partial charge on any atom is 0.219 e. The van der Waals surface area contributed by atoms with Crippen molar-refractivity contribution in [3.63, 3.8) is 0 Å². The summed E-state index contributed by atoms with van der Waals surface area (Å²) in [6, 6.07) is 0.808. The Morgan fingerprint density at radius 2 is 1.55 bits per heavy atom. The Hall–Kier alpha value is -0.860. The second kappa shape index (κ2) is 5.50. The highest BCUT2D eigenvalue weighted by molar-refractivity contribution is 5.79. The number of hydrogen-bond acceptors (Lipinski definition) is 2. The van der Waals surface area contributed by atoms with Crippen molar-refractivity contribution in [1.29, 1.82) is 0 Å². The highest BCUT2D eigenvalue weighted by Crippen LogP contribution is 2.46. The number of Topliss-reactive ketones (excluding diaryl/α,β-unsaturated/α-hetero) is 1. The van der Waals surface area contributed by atoms with Crippen LogP contribution in [0, 0.1) is 17.8 Å². The first-order valence-electron chi connectivity index (χ1n) is 8.37. The smallest absolute Gasteiger partial charge is 0.219 e. The number of nitrogens with zero attached hydrogens (tertiary/aromatic N) is 1. The molecule has 3 rings (SSSR count). The summed E-state index contributed by atoms with van der Waals surface area (Å²) in [7, 11) is 0. The Morgan fingerprint density at radius 1 is 0.850 bits per heavy atom. The SMILES string of the molecule is CC(=O)C1CCC2CC3CCCCC3N(C(C)=O)C2C1. The molecule has 112 valence electrons. The molecule has 2 aliphatic carbocycles. The van der Waals surface area contributed by atoms with Crippen LogP contribution in [-0.2, 0) is 9.59 Å². The van der Waals surface area contributed by atoms with E-state index in [2.05, 4.69) is 4.90 Å². The molecular formula is C17H27NO2. The van der Waals surface area contributed by atoms with Crippen LogP contribution in [0.1, 0.15) is 65.2 Å². The lowest BCUT2D eigenvalue weighted by Crippen LogP contribution is -2.59. The maximum absolute atomic E-state index is 12.2. The topological polar surface area (TPSA) is 37.4 Å². The van der Waals surface area contributed by atoms with Crippen LogP contribution in [0.2, 0.25) is 0 Å². The van der Waals surface area contributed by atoms with Crippen molar-refractivity contribution >= 4 is 11.7 Å². The molecule has 0 radical (unpaired) electrons. The molecule has 0 aromatic carbocycles. The third-order valence-electron chi connectivity index (χ3n) is 6.08. The fraction of sp³-hybridized carbons (Fsp3) is 0.882. The summed E-state index contributed by atoms with van der Waals surface area (Å²) < 4.78 is 0. The van der Waals surface area contributed by atoms with Gasteiger partial charge in [-0.05, 0) is 57.3 Å². The van der Waals surface area contributed by atoms with Crippen molar-refractivity contribution in [2.75, 3.05) is 0 Å². The van der Waals surface area contributed by atoms with Crippen molar-refractivity contribution in [1.82, 2.24) is 4.90 Å². The molecule has 0 spiro atoms. The number of carbonyl (C=O) groups is 2. The first-order chi connectivity index (χ1) is 9.58. The van der Waals surface area contributed by atoms with Crippen LogP contribution < -0.4 is 0 Å². The minimum atomic E-state index is 0.193. The average molecular weight is 277 g/mol. The number of likely N-dealkylation sites (tertiary alicyclic amines) is 1. The van der Waals surface area contributed by atoms with Gasteiger partial charge in [-0.2, -0.15) is 0 Å². The lowest BCUT2D eigenvalue weighted by molar-refractivity contribution is -0.147. The number of amides is 1. The zero-order valence-corrected chi connectivity index (χ0v) is 12.8. The maximum atomic E-state index is 12.2. The zero-order chi connectivity index (χ0) is 14.3. The second-order valence-corrected chi connectivity index (χ2v) is 7.22. The highest BCUT2D eigenvalue weighted by Gasteiger charge is 2.47. The molecule has 0 N–H and O–H groups in total. The largest absolute Gasteiger partial charge is 0.336 e. The van der Waals surface area contributed by atoms with Gasteiger partial charge < -0.3 is 4.90 Å². The van der Waals surface area contributed by atoms with E-state index in [4.69, 9.17) is 0 Å². The minimum absolute atomic E-state index is 0.193. The molecule has 1 aliphatic heterocycles. The molecule has 20 heavy (non-hydrogen) atoms. The lowest BCUT2D eigenvalue weighted by atomic mass is 9.65. The minimum Gasteiger partial charge on any atom is -0.336 e. The molecule has 5 unspecified atom stereocenters. The molecule has 0 aromatic heterocycles. The highest BCUT2D eigenvalue weighted by atomic mass is 16.2. The van der Waals surface area contributed by atoms with Gasteiger partial charge in [-0.15, -0.1) is 0 Å². The molecule has 1 heterocycles.